The van der Waals surface area contributed by atoms with E-state index in [4.69, 9.17) is 21.3 Å². The standard InChI is InChI=1S/C28H27ClFN3O3/c1-3-4-16-32(26(34)18-36-21-10-6-5-7-11-21)19(2)27-31-25-13-9-8-12-22(25)28(35)33(27)20-14-15-24(30)23(29)17-20/h5-15,17,19H,3-4,16,18H2,1-2H3. The lowest BCUT2D eigenvalue weighted by Gasteiger charge is -2.30. The van der Waals surface area contributed by atoms with E-state index in [0.717, 1.165) is 12.8 Å². The Bertz CT molecular complexity index is 1420. The molecular formula is C28H27ClFN3O3. The number of unbranched alkanes of at least 4 members (excludes halogenated alkanes) is 1. The van der Waals surface area contributed by atoms with Crippen LogP contribution in [0.25, 0.3) is 16.6 Å². The zero-order valence-corrected chi connectivity index (χ0v) is 20.9. The fraction of sp³-hybridized carbons (Fsp3) is 0.250. The Morgan fingerprint density at radius 1 is 1.11 bits per heavy atom. The van der Waals surface area contributed by atoms with Crippen molar-refractivity contribution in [3.05, 3.63) is 99.8 Å². The molecule has 0 radical (unpaired) electrons. The zero-order valence-electron chi connectivity index (χ0n) is 20.2. The number of ether oxygens (including phenoxy) is 1. The van der Waals surface area contributed by atoms with Crippen LogP contribution in [-0.4, -0.2) is 33.5 Å². The van der Waals surface area contributed by atoms with Gasteiger partial charge in [-0.2, -0.15) is 0 Å². The van der Waals surface area contributed by atoms with Gasteiger partial charge in [-0.15, -0.1) is 0 Å². The Kier molecular flexibility index (Phi) is 8.00. The van der Waals surface area contributed by atoms with Gasteiger partial charge in [-0.05, 0) is 55.8 Å². The van der Waals surface area contributed by atoms with Crippen molar-refractivity contribution in [2.45, 2.75) is 32.7 Å². The minimum absolute atomic E-state index is 0.110. The lowest BCUT2D eigenvalue weighted by atomic mass is 10.1. The summed E-state index contributed by atoms with van der Waals surface area (Å²) in [4.78, 5) is 33.4. The molecule has 0 bridgehead atoms. The molecule has 0 fully saturated rings. The van der Waals surface area contributed by atoms with Crippen molar-refractivity contribution >= 4 is 28.4 Å². The summed E-state index contributed by atoms with van der Waals surface area (Å²) in [7, 11) is 0. The maximum absolute atomic E-state index is 13.9. The Morgan fingerprint density at radius 3 is 2.56 bits per heavy atom. The minimum atomic E-state index is -0.588. The molecule has 4 aromatic rings. The summed E-state index contributed by atoms with van der Waals surface area (Å²) < 4.78 is 21.0. The van der Waals surface area contributed by atoms with Gasteiger partial charge in [0.2, 0.25) is 0 Å². The average Bonchev–Trinajstić information content (AvgIpc) is 2.90. The number of benzene rings is 3. The largest absolute Gasteiger partial charge is 0.484 e. The first-order valence-corrected chi connectivity index (χ1v) is 12.2. The summed E-state index contributed by atoms with van der Waals surface area (Å²) in [5, 5.41) is 0.300. The van der Waals surface area contributed by atoms with Crippen molar-refractivity contribution in [1.29, 1.82) is 0 Å². The fourth-order valence-corrected chi connectivity index (χ4v) is 4.23. The van der Waals surface area contributed by atoms with Crippen LogP contribution in [0.5, 0.6) is 5.75 Å². The monoisotopic (exact) mass is 507 g/mol. The quantitative estimate of drug-likeness (QED) is 0.281. The average molecular weight is 508 g/mol. The Morgan fingerprint density at radius 2 is 1.83 bits per heavy atom. The first kappa shape index (κ1) is 25.4. The summed E-state index contributed by atoms with van der Waals surface area (Å²) in [6.45, 7) is 4.17. The third-order valence-corrected chi connectivity index (χ3v) is 6.27. The molecule has 0 N–H and O–H groups in total. The number of fused-ring (bicyclic) bond motifs is 1. The van der Waals surface area contributed by atoms with Crippen molar-refractivity contribution in [2.75, 3.05) is 13.2 Å². The second-order valence-electron chi connectivity index (χ2n) is 8.44. The highest BCUT2D eigenvalue weighted by atomic mass is 35.5. The summed E-state index contributed by atoms with van der Waals surface area (Å²) in [6.07, 6.45) is 1.64. The van der Waals surface area contributed by atoms with Crippen LogP contribution in [-0.2, 0) is 4.79 Å². The molecule has 1 unspecified atom stereocenters. The van der Waals surface area contributed by atoms with Gasteiger partial charge in [0, 0.05) is 6.54 Å². The lowest BCUT2D eigenvalue weighted by Crippen LogP contribution is -2.40. The summed E-state index contributed by atoms with van der Waals surface area (Å²) in [5.41, 5.74) is 0.556. The van der Waals surface area contributed by atoms with E-state index in [9.17, 15) is 14.0 Å². The number of carbonyl (C=O) groups excluding carboxylic acids is 1. The highest BCUT2D eigenvalue weighted by molar-refractivity contribution is 6.30. The smallest absolute Gasteiger partial charge is 0.266 e. The fourth-order valence-electron chi connectivity index (χ4n) is 4.05. The molecule has 1 heterocycles. The van der Waals surface area contributed by atoms with Gasteiger partial charge in [0.05, 0.1) is 27.7 Å². The van der Waals surface area contributed by atoms with Crippen LogP contribution < -0.4 is 10.3 Å². The van der Waals surface area contributed by atoms with Crippen molar-refractivity contribution in [2.24, 2.45) is 0 Å². The Balaban J connectivity index is 1.79. The number of rotatable bonds is 9. The van der Waals surface area contributed by atoms with Crippen LogP contribution in [0.4, 0.5) is 4.39 Å². The van der Waals surface area contributed by atoms with Crippen LogP contribution in [0.1, 0.15) is 38.6 Å². The van der Waals surface area contributed by atoms with E-state index in [1.165, 1.54) is 22.8 Å². The molecule has 36 heavy (non-hydrogen) atoms. The molecule has 8 heteroatoms. The molecule has 0 aliphatic carbocycles. The molecule has 6 nitrogen and oxygen atoms in total. The van der Waals surface area contributed by atoms with E-state index in [0.29, 0.717) is 34.7 Å². The van der Waals surface area contributed by atoms with Gasteiger partial charge < -0.3 is 9.64 Å². The highest BCUT2D eigenvalue weighted by Gasteiger charge is 2.27. The number of halogens is 2. The number of carbonyl (C=O) groups is 1. The number of nitrogens with zero attached hydrogens (tertiary/aromatic N) is 3. The first-order valence-electron chi connectivity index (χ1n) is 11.8. The van der Waals surface area contributed by atoms with E-state index in [1.807, 2.05) is 32.0 Å². The van der Waals surface area contributed by atoms with Gasteiger partial charge in [0.15, 0.2) is 6.61 Å². The maximum atomic E-state index is 13.9. The molecule has 1 amide bonds. The van der Waals surface area contributed by atoms with E-state index in [2.05, 4.69) is 0 Å². The number of amides is 1. The Hall–Kier alpha value is -3.71. The van der Waals surface area contributed by atoms with Crippen LogP contribution in [0.2, 0.25) is 5.02 Å². The van der Waals surface area contributed by atoms with E-state index >= 15 is 0 Å². The zero-order chi connectivity index (χ0) is 25.7. The third kappa shape index (κ3) is 5.41. The topological polar surface area (TPSA) is 64.4 Å². The lowest BCUT2D eigenvalue weighted by molar-refractivity contribution is -0.135. The molecule has 0 spiro atoms. The normalized spacial score (nSPS) is 11.9. The second kappa shape index (κ2) is 11.4. The number of hydrogen-bond acceptors (Lipinski definition) is 4. The molecule has 0 saturated heterocycles. The number of aromatic nitrogens is 2. The molecule has 186 valence electrons. The Labute approximate surface area is 213 Å². The van der Waals surface area contributed by atoms with Gasteiger partial charge in [-0.3, -0.25) is 14.2 Å². The molecule has 0 aliphatic heterocycles. The summed E-state index contributed by atoms with van der Waals surface area (Å²) >= 11 is 6.06. The van der Waals surface area contributed by atoms with Gasteiger partial charge in [0.25, 0.3) is 11.5 Å². The predicted molar refractivity (Wildman–Crippen MR) is 139 cm³/mol. The molecule has 4 rings (SSSR count). The molecule has 1 atom stereocenters. The molecule has 0 aliphatic rings. The number of para-hydroxylation sites is 2. The van der Waals surface area contributed by atoms with Crippen LogP contribution in [0.15, 0.2) is 77.6 Å². The number of hydrogen-bond donors (Lipinski definition) is 0. The van der Waals surface area contributed by atoms with Crippen molar-refractivity contribution in [1.82, 2.24) is 14.5 Å². The van der Waals surface area contributed by atoms with Gasteiger partial charge in [0.1, 0.15) is 17.4 Å². The molecule has 1 aromatic heterocycles. The minimum Gasteiger partial charge on any atom is -0.484 e. The van der Waals surface area contributed by atoms with Crippen LogP contribution in [0.3, 0.4) is 0 Å². The van der Waals surface area contributed by atoms with Crippen molar-refractivity contribution in [3.8, 4) is 11.4 Å². The van der Waals surface area contributed by atoms with E-state index in [-0.39, 0.29) is 23.1 Å². The highest BCUT2D eigenvalue weighted by Crippen LogP contribution is 2.26. The van der Waals surface area contributed by atoms with Crippen molar-refractivity contribution in [3.63, 3.8) is 0 Å². The molecule has 0 saturated carbocycles. The molecular weight excluding hydrogens is 481 g/mol. The van der Waals surface area contributed by atoms with Gasteiger partial charge in [-0.25, -0.2) is 9.37 Å². The van der Waals surface area contributed by atoms with E-state index < -0.39 is 11.9 Å². The third-order valence-electron chi connectivity index (χ3n) is 5.98. The maximum Gasteiger partial charge on any atom is 0.266 e. The SMILES string of the molecule is CCCCN(C(=O)COc1ccccc1)C(C)c1nc2ccccc2c(=O)n1-c1ccc(F)c(Cl)c1. The summed E-state index contributed by atoms with van der Waals surface area (Å²) in [5.74, 6) is 0.127. The van der Waals surface area contributed by atoms with E-state index in [1.54, 1.807) is 41.3 Å². The molecule has 3 aromatic carbocycles. The van der Waals surface area contributed by atoms with Crippen molar-refractivity contribution < 1.29 is 13.9 Å². The van der Waals surface area contributed by atoms with Crippen LogP contribution in [0, 0.1) is 5.82 Å². The van der Waals surface area contributed by atoms with Crippen LogP contribution >= 0.6 is 11.6 Å². The van der Waals surface area contributed by atoms with Gasteiger partial charge in [-0.1, -0.05) is 55.3 Å². The summed E-state index contributed by atoms with van der Waals surface area (Å²) in [6, 6.07) is 19.6. The second-order valence-corrected chi connectivity index (χ2v) is 8.85. The predicted octanol–water partition coefficient (Wildman–Crippen LogP) is 5.95. The van der Waals surface area contributed by atoms with Gasteiger partial charge >= 0.3 is 0 Å². The first-order chi connectivity index (χ1) is 17.4.